The third-order valence-corrected chi connectivity index (χ3v) is 16.3. The van der Waals surface area contributed by atoms with Gasteiger partial charge in [-0.25, -0.2) is 0 Å². The quantitative estimate of drug-likeness (QED) is 0.173. The van der Waals surface area contributed by atoms with Crippen molar-refractivity contribution in [3.63, 3.8) is 0 Å². The van der Waals surface area contributed by atoms with Crippen molar-refractivity contribution in [1.29, 1.82) is 0 Å². The maximum atomic E-state index is 11.8. The molecule has 0 amide bonds. The summed E-state index contributed by atoms with van der Waals surface area (Å²) in [5.41, 5.74) is 0.0398. The second-order valence-corrected chi connectivity index (χ2v) is 18.8. The molecule has 4 aliphatic carbocycles. The van der Waals surface area contributed by atoms with Gasteiger partial charge in [-0.05, 0) is 98.7 Å². The fraction of sp³-hybridized carbons (Fsp3) is 1.00. The maximum absolute atomic E-state index is 11.8. The lowest BCUT2D eigenvalue weighted by Gasteiger charge is -2.62. The fourth-order valence-corrected chi connectivity index (χ4v) is 13.3. The van der Waals surface area contributed by atoms with Gasteiger partial charge in [0.15, 0.2) is 18.4 Å². The second kappa shape index (κ2) is 14.4. The minimum absolute atomic E-state index is 0.111. The van der Waals surface area contributed by atoms with Crippen LogP contribution >= 0.6 is 0 Å². The number of fused-ring (bicyclic) bond motifs is 7. The zero-order valence-corrected chi connectivity index (χ0v) is 31.6. The Hall–Kier alpha value is -0.560. The van der Waals surface area contributed by atoms with Crippen molar-refractivity contribution < 1.29 is 69.3 Å². The highest BCUT2D eigenvalue weighted by Gasteiger charge is 2.69. The highest BCUT2D eigenvalue weighted by atomic mass is 16.8. The number of hydrogen-bond acceptors (Lipinski definition) is 14. The molecule has 8 aliphatic rings. The third-order valence-electron chi connectivity index (χ3n) is 16.3. The van der Waals surface area contributed by atoms with Crippen molar-refractivity contribution in [2.45, 2.75) is 171 Å². The summed E-state index contributed by atoms with van der Waals surface area (Å²) in [5, 5.41) is 84.5. The summed E-state index contributed by atoms with van der Waals surface area (Å²) in [4.78, 5) is 0. The van der Waals surface area contributed by atoms with Crippen LogP contribution in [0.2, 0.25) is 0 Å². The fourth-order valence-electron chi connectivity index (χ4n) is 13.3. The predicted octanol–water partition coefficient (Wildman–Crippen LogP) is 0.413. The highest BCUT2D eigenvalue weighted by molar-refractivity contribution is 5.16. The average Bonchev–Trinajstić information content (AvgIpc) is 3.58. The summed E-state index contributed by atoms with van der Waals surface area (Å²) >= 11 is 0. The van der Waals surface area contributed by atoms with Gasteiger partial charge in [0.25, 0.3) is 0 Å². The summed E-state index contributed by atoms with van der Waals surface area (Å²) < 4.78 is 37.3. The molecule has 0 aromatic rings. The molecule has 0 aromatic carbocycles. The summed E-state index contributed by atoms with van der Waals surface area (Å²) in [6, 6.07) is 0. The van der Waals surface area contributed by atoms with E-state index in [4.69, 9.17) is 28.4 Å². The van der Waals surface area contributed by atoms with E-state index < -0.39 is 86.0 Å². The molecule has 0 aromatic heterocycles. The Labute approximate surface area is 312 Å². The zero-order chi connectivity index (χ0) is 37.8. The van der Waals surface area contributed by atoms with Gasteiger partial charge in [-0.3, -0.25) is 0 Å². The van der Waals surface area contributed by atoms with Crippen molar-refractivity contribution in [1.82, 2.24) is 0 Å². The molecule has 4 saturated carbocycles. The van der Waals surface area contributed by atoms with Gasteiger partial charge in [0.05, 0.1) is 37.6 Å². The van der Waals surface area contributed by atoms with E-state index in [-0.39, 0.29) is 41.3 Å². The van der Waals surface area contributed by atoms with Crippen molar-refractivity contribution in [3.8, 4) is 0 Å². The normalized spacial score (nSPS) is 59.5. The van der Waals surface area contributed by atoms with Gasteiger partial charge in [-0.1, -0.05) is 20.8 Å². The molecule has 8 N–H and O–H groups in total. The first-order valence-corrected chi connectivity index (χ1v) is 20.4. The highest BCUT2D eigenvalue weighted by Crippen LogP contribution is 2.71. The molecule has 14 nitrogen and oxygen atoms in total. The van der Waals surface area contributed by atoms with Crippen LogP contribution in [0.3, 0.4) is 0 Å². The predicted molar refractivity (Wildman–Crippen MR) is 184 cm³/mol. The summed E-state index contributed by atoms with van der Waals surface area (Å²) in [5.74, 6) is 2.13. The van der Waals surface area contributed by atoms with E-state index in [0.29, 0.717) is 43.1 Å². The second-order valence-electron chi connectivity index (χ2n) is 18.8. The van der Waals surface area contributed by atoms with Gasteiger partial charge in [-0.15, -0.1) is 0 Å². The van der Waals surface area contributed by atoms with Crippen LogP contribution in [0.15, 0.2) is 0 Å². The van der Waals surface area contributed by atoms with Crippen LogP contribution in [-0.2, 0) is 28.4 Å². The number of aliphatic hydroxyl groups excluding tert-OH is 8. The zero-order valence-electron chi connectivity index (χ0n) is 31.6. The van der Waals surface area contributed by atoms with E-state index in [1.54, 1.807) is 0 Å². The Morgan fingerprint density at radius 1 is 0.717 bits per heavy atom. The summed E-state index contributed by atoms with van der Waals surface area (Å²) in [6.07, 6.45) is -7.28. The van der Waals surface area contributed by atoms with Crippen LogP contribution in [0.5, 0.6) is 0 Å². The van der Waals surface area contributed by atoms with E-state index in [2.05, 4.69) is 20.8 Å². The lowest BCUT2D eigenvalue weighted by Crippen LogP contribution is -2.65. The molecular formula is C39H64O14. The third kappa shape index (κ3) is 6.20. The summed E-state index contributed by atoms with van der Waals surface area (Å²) in [7, 11) is 0. The van der Waals surface area contributed by atoms with Gasteiger partial charge in [0, 0.05) is 24.9 Å². The Bertz CT molecular complexity index is 1300. The first kappa shape index (κ1) is 39.3. The van der Waals surface area contributed by atoms with E-state index in [1.165, 1.54) is 6.92 Å². The van der Waals surface area contributed by atoms with Gasteiger partial charge in [0.1, 0.15) is 42.7 Å². The Morgan fingerprint density at radius 3 is 2.19 bits per heavy atom. The Balaban J connectivity index is 0.956. The molecule has 0 bridgehead atoms. The van der Waals surface area contributed by atoms with Crippen molar-refractivity contribution in [2.75, 3.05) is 19.8 Å². The number of hydrogen-bond donors (Lipinski definition) is 8. The molecule has 4 saturated heterocycles. The van der Waals surface area contributed by atoms with Gasteiger partial charge in [-0.2, -0.15) is 0 Å². The molecular weight excluding hydrogens is 692 g/mol. The number of aliphatic hydroxyl groups is 8. The molecule has 8 fully saturated rings. The molecule has 4 heterocycles. The van der Waals surface area contributed by atoms with E-state index >= 15 is 0 Å². The van der Waals surface area contributed by atoms with Crippen LogP contribution < -0.4 is 0 Å². The Morgan fingerprint density at radius 2 is 1.49 bits per heavy atom. The van der Waals surface area contributed by atoms with Crippen molar-refractivity contribution in [3.05, 3.63) is 0 Å². The molecule has 4 aliphatic heterocycles. The van der Waals surface area contributed by atoms with Crippen LogP contribution in [0.1, 0.15) is 85.5 Å². The molecule has 23 atom stereocenters. The van der Waals surface area contributed by atoms with E-state index in [9.17, 15) is 40.9 Å². The lowest BCUT2D eigenvalue weighted by atomic mass is 9.44. The topological polar surface area (TPSA) is 217 Å². The van der Waals surface area contributed by atoms with Crippen LogP contribution in [0, 0.1) is 52.3 Å². The van der Waals surface area contributed by atoms with Crippen LogP contribution in [0.25, 0.3) is 0 Å². The molecule has 0 radical (unpaired) electrons. The average molecular weight is 757 g/mol. The van der Waals surface area contributed by atoms with E-state index in [1.807, 2.05) is 0 Å². The van der Waals surface area contributed by atoms with Crippen LogP contribution in [-0.4, -0.2) is 146 Å². The maximum Gasteiger partial charge on any atom is 0.187 e. The molecule has 14 heteroatoms. The van der Waals surface area contributed by atoms with Gasteiger partial charge in [0.2, 0.25) is 0 Å². The summed E-state index contributed by atoms with van der Waals surface area (Å²) in [6.45, 7) is 8.78. The molecule has 8 rings (SSSR count). The van der Waals surface area contributed by atoms with E-state index in [0.717, 1.165) is 44.9 Å². The van der Waals surface area contributed by atoms with Crippen molar-refractivity contribution >= 4 is 0 Å². The first-order valence-electron chi connectivity index (χ1n) is 20.4. The standard InChI is InChI=1S/C39H64O14/c1-17-28-26(53-39(17)10-7-19(14-40)16-48-39)12-23-21-6-5-20-11-25(24(42)13-38(20,4)22(21)8-9-37(23,28)3)50-36-34(32(46)30(44)27(15-41)51-36)52-35-33(47)31(45)29(43)18(2)49-35/h17-36,40-47H,5-16H2,1-4H3/t17-,18-,19-,20-,21+,22-,23-,24+,25+,26-,27+,28-,29-,30+,31+,32-,33+,34+,35-,36+,37-,38-,39+/m0/s1. The van der Waals surface area contributed by atoms with Gasteiger partial charge < -0.3 is 69.3 Å². The molecule has 53 heavy (non-hydrogen) atoms. The minimum Gasteiger partial charge on any atom is -0.396 e. The molecule has 0 unspecified atom stereocenters. The Kier molecular flexibility index (Phi) is 10.6. The number of rotatable bonds is 6. The SMILES string of the molecule is C[C@@H]1O[C@@H](O[C@H]2[C@H](O[C@@H]3C[C@@H]4CC[C@@H]5[C@H](CC[C@]6(C)[C@@H]7[C@H](C[C@@H]56)O[C@]5(CC[C@@H](CO)CO5)[C@H]7C)[C@@]4(C)C[C@H]3O)O[C@H](CO)[C@@H](O)[C@@H]2O)[C@H](O)[C@H](O)[C@H]1O. The molecule has 304 valence electrons. The van der Waals surface area contributed by atoms with Crippen molar-refractivity contribution in [2.24, 2.45) is 52.3 Å². The smallest absolute Gasteiger partial charge is 0.187 e. The molecule has 1 spiro atoms. The minimum atomic E-state index is -1.66. The monoisotopic (exact) mass is 756 g/mol. The number of ether oxygens (including phenoxy) is 6. The largest absolute Gasteiger partial charge is 0.396 e. The lowest BCUT2D eigenvalue weighted by molar-refractivity contribution is -0.374. The first-order chi connectivity index (χ1) is 25.2. The van der Waals surface area contributed by atoms with Crippen LogP contribution in [0.4, 0.5) is 0 Å². The van der Waals surface area contributed by atoms with Gasteiger partial charge >= 0.3 is 0 Å².